The van der Waals surface area contributed by atoms with Crippen LogP contribution in [0.4, 0.5) is 5.69 Å². The Kier molecular flexibility index (Phi) is 2.91. The highest BCUT2D eigenvalue weighted by Crippen LogP contribution is 2.14. The van der Waals surface area contributed by atoms with Crippen LogP contribution in [0.5, 0.6) is 0 Å². The van der Waals surface area contributed by atoms with Crippen LogP contribution in [-0.4, -0.2) is 9.61 Å². The van der Waals surface area contributed by atoms with Crippen LogP contribution in [0.3, 0.4) is 0 Å². The second-order valence-electron chi connectivity index (χ2n) is 4.28. The lowest BCUT2D eigenvalue weighted by Crippen LogP contribution is -1.99. The van der Waals surface area contributed by atoms with Gasteiger partial charge >= 0.3 is 0 Å². The molecule has 0 radical (unpaired) electrons. The molecule has 0 bridgehead atoms. The highest BCUT2D eigenvalue weighted by molar-refractivity contribution is 5.56. The summed E-state index contributed by atoms with van der Waals surface area (Å²) in [5, 5.41) is 7.67. The Bertz CT molecular complexity index is 750. The minimum atomic E-state index is 0.724. The van der Waals surface area contributed by atoms with Gasteiger partial charge in [-0.05, 0) is 30.3 Å². The van der Waals surface area contributed by atoms with Gasteiger partial charge in [0.15, 0.2) is 0 Å². The van der Waals surface area contributed by atoms with Crippen molar-refractivity contribution in [3.8, 4) is 12.3 Å². The molecule has 0 unspecified atom stereocenters. The van der Waals surface area contributed by atoms with Crippen molar-refractivity contribution < 1.29 is 0 Å². The number of aromatic nitrogens is 2. The van der Waals surface area contributed by atoms with Gasteiger partial charge < -0.3 is 5.32 Å². The quantitative estimate of drug-likeness (QED) is 0.721. The third-order valence-electron chi connectivity index (χ3n) is 3.02. The second kappa shape index (κ2) is 4.87. The predicted molar refractivity (Wildman–Crippen MR) is 76.9 cm³/mol. The molecule has 3 rings (SSSR count). The number of rotatable bonds is 3. The zero-order valence-corrected chi connectivity index (χ0v) is 10.4. The number of nitrogens with one attached hydrogen (secondary N) is 1. The second-order valence-corrected chi connectivity index (χ2v) is 4.28. The monoisotopic (exact) mass is 247 g/mol. The van der Waals surface area contributed by atoms with E-state index in [0.29, 0.717) is 0 Å². The zero-order chi connectivity index (χ0) is 13.1. The van der Waals surface area contributed by atoms with Crippen molar-refractivity contribution in [3.05, 3.63) is 66.0 Å². The van der Waals surface area contributed by atoms with Crippen molar-refractivity contribution in [3.63, 3.8) is 0 Å². The van der Waals surface area contributed by atoms with Crippen LogP contribution in [-0.2, 0) is 6.54 Å². The van der Waals surface area contributed by atoms with Gasteiger partial charge in [-0.2, -0.15) is 5.10 Å². The minimum Gasteiger partial charge on any atom is -0.381 e. The molecule has 0 saturated carbocycles. The van der Waals surface area contributed by atoms with Crippen molar-refractivity contribution in [1.82, 2.24) is 9.61 Å². The standard InChI is InChI=1S/C16H13N3/c1-2-13-6-5-7-15(10-13)17-11-14-12-18-19-9-4-3-8-16(14)19/h1,3-10,12,17H,11H2. The van der Waals surface area contributed by atoms with E-state index in [2.05, 4.69) is 22.4 Å². The summed E-state index contributed by atoms with van der Waals surface area (Å²) in [6, 6.07) is 13.9. The van der Waals surface area contributed by atoms with Gasteiger partial charge in [0, 0.05) is 29.6 Å². The Labute approximate surface area is 111 Å². The van der Waals surface area contributed by atoms with Gasteiger partial charge in [-0.15, -0.1) is 6.42 Å². The number of terminal acetylenes is 1. The average molecular weight is 247 g/mol. The fourth-order valence-electron chi connectivity index (χ4n) is 2.04. The van der Waals surface area contributed by atoms with Crippen molar-refractivity contribution in [2.45, 2.75) is 6.54 Å². The SMILES string of the molecule is C#Cc1cccc(NCc2cnn3ccccc23)c1. The number of hydrogen-bond acceptors (Lipinski definition) is 2. The van der Waals surface area contributed by atoms with E-state index in [0.717, 1.165) is 28.9 Å². The minimum absolute atomic E-state index is 0.724. The van der Waals surface area contributed by atoms with Crippen LogP contribution in [0.2, 0.25) is 0 Å². The molecule has 0 aliphatic rings. The molecule has 0 spiro atoms. The van der Waals surface area contributed by atoms with Crippen LogP contribution in [0.1, 0.15) is 11.1 Å². The van der Waals surface area contributed by atoms with Crippen LogP contribution in [0.15, 0.2) is 54.9 Å². The molecule has 0 saturated heterocycles. The first-order chi connectivity index (χ1) is 9.36. The molecule has 0 fully saturated rings. The van der Waals surface area contributed by atoms with E-state index >= 15 is 0 Å². The molecule has 19 heavy (non-hydrogen) atoms. The topological polar surface area (TPSA) is 29.3 Å². The number of anilines is 1. The lowest BCUT2D eigenvalue weighted by Gasteiger charge is -2.05. The van der Waals surface area contributed by atoms with Gasteiger partial charge in [0.2, 0.25) is 0 Å². The van der Waals surface area contributed by atoms with Gasteiger partial charge in [-0.3, -0.25) is 0 Å². The summed E-state index contributed by atoms with van der Waals surface area (Å²) >= 11 is 0. The Morgan fingerprint density at radius 1 is 1.21 bits per heavy atom. The van der Waals surface area contributed by atoms with Gasteiger partial charge in [-0.1, -0.05) is 18.1 Å². The Balaban J connectivity index is 1.81. The summed E-state index contributed by atoms with van der Waals surface area (Å²) in [7, 11) is 0. The number of nitrogens with zero attached hydrogens (tertiary/aromatic N) is 2. The van der Waals surface area contributed by atoms with Gasteiger partial charge in [0.1, 0.15) is 0 Å². The molecule has 1 aromatic carbocycles. The zero-order valence-electron chi connectivity index (χ0n) is 10.4. The highest BCUT2D eigenvalue weighted by Gasteiger charge is 2.02. The van der Waals surface area contributed by atoms with E-state index in [1.165, 1.54) is 0 Å². The van der Waals surface area contributed by atoms with Gasteiger partial charge in [-0.25, -0.2) is 4.52 Å². The third kappa shape index (κ3) is 2.29. The van der Waals surface area contributed by atoms with E-state index in [1.54, 1.807) is 0 Å². The number of fused-ring (bicyclic) bond motifs is 1. The maximum atomic E-state index is 5.39. The van der Waals surface area contributed by atoms with Crippen LogP contribution in [0.25, 0.3) is 5.52 Å². The van der Waals surface area contributed by atoms with Crippen molar-refractivity contribution in [2.24, 2.45) is 0 Å². The van der Waals surface area contributed by atoms with Crippen molar-refractivity contribution >= 4 is 11.2 Å². The summed E-state index contributed by atoms with van der Waals surface area (Å²) in [5.74, 6) is 2.63. The van der Waals surface area contributed by atoms with E-state index in [1.807, 2.05) is 53.3 Å². The molecule has 2 aromatic heterocycles. The lowest BCUT2D eigenvalue weighted by atomic mass is 10.2. The van der Waals surface area contributed by atoms with E-state index in [9.17, 15) is 0 Å². The van der Waals surface area contributed by atoms with Crippen LogP contribution >= 0.6 is 0 Å². The third-order valence-corrected chi connectivity index (χ3v) is 3.02. The predicted octanol–water partition coefficient (Wildman–Crippen LogP) is 2.93. The molecule has 92 valence electrons. The molecule has 2 heterocycles. The molecule has 3 heteroatoms. The Morgan fingerprint density at radius 3 is 3.05 bits per heavy atom. The smallest absolute Gasteiger partial charge is 0.0711 e. The summed E-state index contributed by atoms with van der Waals surface area (Å²) in [5.41, 5.74) is 4.17. The first-order valence-electron chi connectivity index (χ1n) is 6.08. The van der Waals surface area contributed by atoms with Crippen LogP contribution in [0, 0.1) is 12.3 Å². The average Bonchev–Trinajstić information content (AvgIpc) is 2.89. The molecule has 0 atom stereocenters. The fourth-order valence-corrected chi connectivity index (χ4v) is 2.04. The first-order valence-corrected chi connectivity index (χ1v) is 6.08. The molecule has 1 N–H and O–H groups in total. The summed E-state index contributed by atoms with van der Waals surface area (Å²) in [6.07, 6.45) is 9.22. The normalized spacial score (nSPS) is 10.3. The number of hydrogen-bond donors (Lipinski definition) is 1. The summed E-state index contributed by atoms with van der Waals surface area (Å²) in [4.78, 5) is 0. The Hall–Kier alpha value is -2.73. The molecular weight excluding hydrogens is 234 g/mol. The maximum absolute atomic E-state index is 5.39. The molecular formula is C16H13N3. The molecule has 0 aliphatic heterocycles. The van der Waals surface area contributed by atoms with E-state index in [4.69, 9.17) is 6.42 Å². The van der Waals surface area contributed by atoms with E-state index < -0.39 is 0 Å². The first kappa shape index (κ1) is 11.4. The van der Waals surface area contributed by atoms with Crippen molar-refractivity contribution in [1.29, 1.82) is 0 Å². The molecule has 0 amide bonds. The Morgan fingerprint density at radius 2 is 2.16 bits per heavy atom. The maximum Gasteiger partial charge on any atom is 0.0711 e. The number of benzene rings is 1. The fraction of sp³-hybridized carbons (Fsp3) is 0.0625. The summed E-state index contributed by atoms with van der Waals surface area (Å²) < 4.78 is 1.87. The largest absolute Gasteiger partial charge is 0.381 e. The molecule has 0 aliphatic carbocycles. The number of pyridine rings is 1. The van der Waals surface area contributed by atoms with Crippen LogP contribution < -0.4 is 5.32 Å². The summed E-state index contributed by atoms with van der Waals surface area (Å²) in [6.45, 7) is 0.724. The molecule has 3 nitrogen and oxygen atoms in total. The van der Waals surface area contributed by atoms with Gasteiger partial charge in [0.05, 0.1) is 11.7 Å². The van der Waals surface area contributed by atoms with E-state index in [-0.39, 0.29) is 0 Å². The lowest BCUT2D eigenvalue weighted by molar-refractivity contribution is 0.961. The molecule has 3 aromatic rings. The van der Waals surface area contributed by atoms with Crippen molar-refractivity contribution in [2.75, 3.05) is 5.32 Å². The van der Waals surface area contributed by atoms with Gasteiger partial charge in [0.25, 0.3) is 0 Å². The highest BCUT2D eigenvalue weighted by atomic mass is 15.2.